The largest absolute Gasteiger partial charge is 0.480 e. The average Bonchev–Trinajstić information content (AvgIpc) is 2.90. The Kier molecular flexibility index (Phi) is 4.14. The first-order chi connectivity index (χ1) is 10.8. The summed E-state index contributed by atoms with van der Waals surface area (Å²) in [4.78, 5) is 10.7. The number of fused-ring (bicyclic) bond motifs is 1. The fourth-order valence-corrected chi connectivity index (χ4v) is 5.71. The van der Waals surface area contributed by atoms with Gasteiger partial charge in [-0.2, -0.15) is 4.31 Å². The second kappa shape index (κ2) is 5.83. The van der Waals surface area contributed by atoms with Gasteiger partial charge in [0.25, 0.3) is 0 Å². The fraction of sp³-hybridized carbons (Fsp3) is 0.533. The minimum absolute atomic E-state index is 0.0451. The van der Waals surface area contributed by atoms with Gasteiger partial charge in [-0.3, -0.25) is 4.79 Å². The summed E-state index contributed by atoms with van der Waals surface area (Å²) in [5.41, 5.74) is 0. The van der Waals surface area contributed by atoms with Gasteiger partial charge in [0.15, 0.2) is 0 Å². The molecule has 1 saturated heterocycles. The van der Waals surface area contributed by atoms with E-state index in [-0.39, 0.29) is 12.3 Å². The van der Waals surface area contributed by atoms with Crippen molar-refractivity contribution in [2.45, 2.75) is 49.1 Å². The number of carboxylic acid groups (broad SMARTS) is 1. The van der Waals surface area contributed by atoms with E-state index < -0.39 is 44.6 Å². The number of aliphatic carboxylic acids is 1. The lowest BCUT2D eigenvalue weighted by atomic mass is 9.85. The fourth-order valence-electron chi connectivity index (χ4n) is 3.76. The molecule has 1 aliphatic carbocycles. The van der Waals surface area contributed by atoms with Gasteiger partial charge in [-0.25, -0.2) is 17.2 Å². The van der Waals surface area contributed by atoms with Gasteiger partial charge < -0.3 is 5.11 Å². The summed E-state index contributed by atoms with van der Waals surface area (Å²) in [5, 5.41) is 9.39. The lowest BCUT2D eigenvalue weighted by molar-refractivity contribution is -0.141. The third-order valence-electron chi connectivity index (χ3n) is 4.76. The second-order valence-electron chi connectivity index (χ2n) is 6.11. The summed E-state index contributed by atoms with van der Waals surface area (Å²) in [6, 6.07) is 0.496. The molecule has 0 radical (unpaired) electrons. The molecule has 1 heterocycles. The van der Waals surface area contributed by atoms with E-state index in [2.05, 4.69) is 0 Å². The van der Waals surface area contributed by atoms with Crippen molar-refractivity contribution >= 4 is 16.0 Å². The number of carboxylic acids is 1. The minimum atomic E-state index is -4.42. The Morgan fingerprint density at radius 1 is 1.22 bits per heavy atom. The molecule has 1 saturated carbocycles. The maximum Gasteiger partial charge on any atom is 0.322 e. The van der Waals surface area contributed by atoms with Gasteiger partial charge in [0.1, 0.15) is 22.6 Å². The molecule has 8 heteroatoms. The van der Waals surface area contributed by atoms with Crippen LogP contribution in [-0.4, -0.2) is 35.9 Å². The van der Waals surface area contributed by atoms with Crippen LogP contribution in [-0.2, 0) is 14.8 Å². The second-order valence-corrected chi connectivity index (χ2v) is 7.92. The molecule has 5 nitrogen and oxygen atoms in total. The van der Waals surface area contributed by atoms with E-state index in [0.717, 1.165) is 35.7 Å². The van der Waals surface area contributed by atoms with Crippen LogP contribution in [0.2, 0.25) is 0 Å². The van der Waals surface area contributed by atoms with Crippen LogP contribution in [0, 0.1) is 17.6 Å². The summed E-state index contributed by atoms with van der Waals surface area (Å²) in [7, 11) is -4.42. The SMILES string of the molecule is O=C(O)C1CC2CCCCC2N1S(=O)(=O)c1cc(F)ccc1F. The first kappa shape index (κ1) is 16.3. The van der Waals surface area contributed by atoms with Crippen LogP contribution < -0.4 is 0 Å². The Bertz CT molecular complexity index is 737. The molecular formula is C15H17F2NO4S. The molecule has 3 unspecified atom stereocenters. The van der Waals surface area contributed by atoms with Crippen LogP contribution in [0.15, 0.2) is 23.1 Å². The molecule has 0 amide bonds. The van der Waals surface area contributed by atoms with Crippen LogP contribution in [0.3, 0.4) is 0 Å². The first-order valence-electron chi connectivity index (χ1n) is 7.54. The van der Waals surface area contributed by atoms with Gasteiger partial charge in [-0.1, -0.05) is 12.8 Å². The Morgan fingerprint density at radius 3 is 2.61 bits per heavy atom. The van der Waals surface area contributed by atoms with Crippen LogP contribution in [0.4, 0.5) is 8.78 Å². The monoisotopic (exact) mass is 345 g/mol. The van der Waals surface area contributed by atoms with E-state index in [4.69, 9.17) is 0 Å². The van der Waals surface area contributed by atoms with Crippen molar-refractivity contribution in [2.24, 2.45) is 5.92 Å². The number of hydrogen-bond acceptors (Lipinski definition) is 3. The van der Waals surface area contributed by atoms with Crippen LogP contribution in [0.1, 0.15) is 32.1 Å². The third-order valence-corrected chi connectivity index (χ3v) is 6.71. The maximum atomic E-state index is 14.0. The molecule has 0 aromatic heterocycles. The molecule has 3 atom stereocenters. The summed E-state index contributed by atoms with van der Waals surface area (Å²) < 4.78 is 53.9. The predicted molar refractivity (Wildman–Crippen MR) is 77.2 cm³/mol. The summed E-state index contributed by atoms with van der Waals surface area (Å²) in [5.74, 6) is -3.25. The highest BCUT2D eigenvalue weighted by Crippen LogP contribution is 2.43. The van der Waals surface area contributed by atoms with E-state index in [1.165, 1.54) is 0 Å². The molecule has 0 bridgehead atoms. The zero-order valence-corrected chi connectivity index (χ0v) is 13.1. The minimum Gasteiger partial charge on any atom is -0.480 e. The topological polar surface area (TPSA) is 74.7 Å². The zero-order chi connectivity index (χ0) is 16.8. The molecule has 1 aliphatic heterocycles. The average molecular weight is 345 g/mol. The lowest BCUT2D eigenvalue weighted by Gasteiger charge is -2.32. The van der Waals surface area contributed by atoms with E-state index >= 15 is 0 Å². The standard InChI is InChI=1S/C15H17F2NO4S/c16-10-5-6-11(17)14(8-10)23(21,22)18-12-4-2-1-3-9(12)7-13(18)15(19)20/h5-6,8-9,12-13H,1-4,7H2,(H,19,20). The number of benzene rings is 1. The first-order valence-corrected chi connectivity index (χ1v) is 8.98. The normalized spacial score (nSPS) is 28.5. The van der Waals surface area contributed by atoms with Gasteiger partial charge in [-0.05, 0) is 43.4 Å². The van der Waals surface area contributed by atoms with Crippen molar-refractivity contribution in [1.29, 1.82) is 0 Å². The Balaban J connectivity index is 2.08. The molecule has 2 fully saturated rings. The number of rotatable bonds is 3. The van der Waals surface area contributed by atoms with E-state index in [1.807, 2.05) is 0 Å². The van der Waals surface area contributed by atoms with E-state index in [1.54, 1.807) is 0 Å². The summed E-state index contributed by atoms with van der Waals surface area (Å²) >= 11 is 0. The van der Waals surface area contributed by atoms with Gasteiger partial charge in [0, 0.05) is 6.04 Å². The molecule has 1 aromatic carbocycles. The highest BCUT2D eigenvalue weighted by molar-refractivity contribution is 7.89. The van der Waals surface area contributed by atoms with E-state index in [9.17, 15) is 27.1 Å². The predicted octanol–water partition coefficient (Wildman–Crippen LogP) is 2.37. The lowest BCUT2D eigenvalue weighted by Crippen LogP contribution is -2.46. The Labute approximate surface area is 133 Å². The third kappa shape index (κ3) is 2.74. The smallest absolute Gasteiger partial charge is 0.322 e. The molecule has 1 aromatic rings. The van der Waals surface area contributed by atoms with Crippen LogP contribution >= 0.6 is 0 Å². The summed E-state index contributed by atoms with van der Waals surface area (Å²) in [6.07, 6.45) is 3.24. The Morgan fingerprint density at radius 2 is 1.91 bits per heavy atom. The van der Waals surface area contributed by atoms with Crippen molar-refractivity contribution in [3.8, 4) is 0 Å². The summed E-state index contributed by atoms with van der Waals surface area (Å²) in [6.45, 7) is 0. The molecule has 23 heavy (non-hydrogen) atoms. The van der Waals surface area contributed by atoms with Gasteiger partial charge >= 0.3 is 5.97 Å². The number of sulfonamides is 1. The van der Waals surface area contributed by atoms with Crippen molar-refractivity contribution in [1.82, 2.24) is 4.31 Å². The van der Waals surface area contributed by atoms with Gasteiger partial charge in [-0.15, -0.1) is 0 Å². The molecule has 3 rings (SSSR count). The quantitative estimate of drug-likeness (QED) is 0.913. The molecule has 126 valence electrons. The molecule has 1 N–H and O–H groups in total. The van der Waals surface area contributed by atoms with Crippen LogP contribution in [0.5, 0.6) is 0 Å². The maximum absolute atomic E-state index is 14.0. The number of carbonyl (C=O) groups is 1. The van der Waals surface area contributed by atoms with Crippen LogP contribution in [0.25, 0.3) is 0 Å². The molecule has 2 aliphatic rings. The van der Waals surface area contributed by atoms with Crippen molar-refractivity contribution in [2.75, 3.05) is 0 Å². The van der Waals surface area contributed by atoms with Gasteiger partial charge in [0.2, 0.25) is 10.0 Å². The van der Waals surface area contributed by atoms with Gasteiger partial charge in [0.05, 0.1) is 0 Å². The number of nitrogens with zero attached hydrogens (tertiary/aromatic N) is 1. The van der Waals surface area contributed by atoms with E-state index in [0.29, 0.717) is 12.5 Å². The highest BCUT2D eigenvalue weighted by Gasteiger charge is 2.51. The highest BCUT2D eigenvalue weighted by atomic mass is 32.2. The number of halogens is 2. The van der Waals surface area contributed by atoms with Crippen molar-refractivity contribution in [3.05, 3.63) is 29.8 Å². The van der Waals surface area contributed by atoms with Crippen molar-refractivity contribution in [3.63, 3.8) is 0 Å². The Hall–Kier alpha value is -1.54. The zero-order valence-electron chi connectivity index (χ0n) is 12.3. The molecular weight excluding hydrogens is 328 g/mol. The molecule has 0 spiro atoms. The number of hydrogen-bond donors (Lipinski definition) is 1. The van der Waals surface area contributed by atoms with Crippen molar-refractivity contribution < 1.29 is 27.1 Å².